The minimum Gasteiger partial charge on any atom is -0.264 e. The van der Waals surface area contributed by atoms with Crippen LogP contribution in [0.5, 0.6) is 0 Å². The van der Waals surface area contributed by atoms with Crippen LogP contribution in [0.1, 0.15) is 25.6 Å². The third-order valence-electron chi connectivity index (χ3n) is 1.92. The van der Waals surface area contributed by atoms with Crippen LogP contribution >= 0.6 is 0 Å². The molecule has 0 aliphatic carbocycles. The lowest BCUT2D eigenvalue weighted by Crippen LogP contribution is -1.96. The first-order chi connectivity index (χ1) is 6.27. The fraction of sp³-hybridized carbons (Fsp3) is 0.300. The molecule has 13 heavy (non-hydrogen) atoms. The SMILES string of the molecule is CC(C)c1ncc2cnccc2n1. The van der Waals surface area contributed by atoms with E-state index >= 15 is 0 Å². The van der Waals surface area contributed by atoms with Gasteiger partial charge in [0.25, 0.3) is 0 Å². The summed E-state index contributed by atoms with van der Waals surface area (Å²) in [4.78, 5) is 12.7. The van der Waals surface area contributed by atoms with Crippen LogP contribution < -0.4 is 0 Å². The lowest BCUT2D eigenvalue weighted by atomic mass is 10.2. The molecule has 0 aliphatic rings. The topological polar surface area (TPSA) is 38.7 Å². The smallest absolute Gasteiger partial charge is 0.131 e. The molecule has 66 valence electrons. The average molecular weight is 173 g/mol. The Balaban J connectivity index is 2.62. The van der Waals surface area contributed by atoms with E-state index in [9.17, 15) is 0 Å². The van der Waals surface area contributed by atoms with Gasteiger partial charge in [-0.2, -0.15) is 0 Å². The van der Waals surface area contributed by atoms with Gasteiger partial charge in [0.15, 0.2) is 0 Å². The monoisotopic (exact) mass is 173 g/mol. The summed E-state index contributed by atoms with van der Waals surface area (Å²) in [6, 6.07) is 1.91. The van der Waals surface area contributed by atoms with Gasteiger partial charge in [-0.25, -0.2) is 9.97 Å². The molecule has 0 saturated carbocycles. The predicted octanol–water partition coefficient (Wildman–Crippen LogP) is 2.15. The number of aromatic nitrogens is 3. The molecule has 0 amide bonds. The van der Waals surface area contributed by atoms with Gasteiger partial charge in [0.05, 0.1) is 5.52 Å². The van der Waals surface area contributed by atoms with Crippen LogP contribution in [0.25, 0.3) is 10.9 Å². The first kappa shape index (κ1) is 8.10. The second kappa shape index (κ2) is 3.09. The molecule has 2 heterocycles. The third-order valence-corrected chi connectivity index (χ3v) is 1.92. The zero-order valence-electron chi connectivity index (χ0n) is 7.73. The van der Waals surface area contributed by atoms with E-state index in [4.69, 9.17) is 0 Å². The summed E-state index contributed by atoms with van der Waals surface area (Å²) in [5.41, 5.74) is 0.966. The first-order valence-electron chi connectivity index (χ1n) is 4.34. The summed E-state index contributed by atoms with van der Waals surface area (Å²) in [6.07, 6.45) is 5.35. The van der Waals surface area contributed by atoms with Crippen LogP contribution in [0.4, 0.5) is 0 Å². The van der Waals surface area contributed by atoms with E-state index < -0.39 is 0 Å². The highest BCUT2D eigenvalue weighted by molar-refractivity contribution is 5.75. The number of hydrogen-bond acceptors (Lipinski definition) is 3. The lowest BCUT2D eigenvalue weighted by molar-refractivity contribution is 0.783. The van der Waals surface area contributed by atoms with Crippen molar-refractivity contribution < 1.29 is 0 Å². The Labute approximate surface area is 76.9 Å². The van der Waals surface area contributed by atoms with Crippen molar-refractivity contribution >= 4 is 10.9 Å². The van der Waals surface area contributed by atoms with Crippen molar-refractivity contribution in [3.8, 4) is 0 Å². The van der Waals surface area contributed by atoms with Gasteiger partial charge in [-0.1, -0.05) is 13.8 Å². The molecule has 0 aliphatic heterocycles. The van der Waals surface area contributed by atoms with Gasteiger partial charge in [-0.15, -0.1) is 0 Å². The van der Waals surface area contributed by atoms with Gasteiger partial charge in [0, 0.05) is 29.9 Å². The van der Waals surface area contributed by atoms with E-state index in [-0.39, 0.29) is 0 Å². The van der Waals surface area contributed by atoms with Gasteiger partial charge in [0.2, 0.25) is 0 Å². The van der Waals surface area contributed by atoms with Crippen molar-refractivity contribution in [2.45, 2.75) is 19.8 Å². The summed E-state index contributed by atoms with van der Waals surface area (Å²) < 4.78 is 0. The van der Waals surface area contributed by atoms with Gasteiger partial charge >= 0.3 is 0 Å². The highest BCUT2D eigenvalue weighted by Gasteiger charge is 2.02. The van der Waals surface area contributed by atoms with Crippen LogP contribution in [-0.4, -0.2) is 15.0 Å². The maximum absolute atomic E-state index is 4.42. The fourth-order valence-corrected chi connectivity index (χ4v) is 1.17. The van der Waals surface area contributed by atoms with Gasteiger partial charge in [-0.3, -0.25) is 4.98 Å². The number of pyridine rings is 1. The van der Waals surface area contributed by atoms with Crippen molar-refractivity contribution in [1.29, 1.82) is 0 Å². The molecule has 2 rings (SSSR count). The van der Waals surface area contributed by atoms with Crippen LogP contribution in [0.15, 0.2) is 24.7 Å². The standard InChI is InChI=1S/C10H11N3/c1-7(2)10-12-6-8-5-11-4-3-9(8)13-10/h3-7H,1-2H3. The van der Waals surface area contributed by atoms with Crippen LogP contribution in [0, 0.1) is 0 Å². The maximum atomic E-state index is 4.42. The largest absolute Gasteiger partial charge is 0.264 e. The Morgan fingerprint density at radius 1 is 1.23 bits per heavy atom. The summed E-state index contributed by atoms with van der Waals surface area (Å²) in [5, 5.41) is 0.993. The highest BCUT2D eigenvalue weighted by atomic mass is 14.9. The normalized spacial score (nSPS) is 11.0. The summed E-state index contributed by atoms with van der Waals surface area (Å²) in [5.74, 6) is 1.26. The number of rotatable bonds is 1. The molecule has 0 aromatic carbocycles. The maximum Gasteiger partial charge on any atom is 0.131 e. The molecular formula is C10H11N3. The molecule has 2 aromatic rings. The third kappa shape index (κ3) is 1.49. The molecule has 0 fully saturated rings. The van der Waals surface area contributed by atoms with Gasteiger partial charge in [-0.05, 0) is 6.07 Å². The highest BCUT2D eigenvalue weighted by Crippen LogP contribution is 2.13. The van der Waals surface area contributed by atoms with E-state index in [2.05, 4.69) is 28.8 Å². The van der Waals surface area contributed by atoms with Crippen molar-refractivity contribution in [3.63, 3.8) is 0 Å². The summed E-state index contributed by atoms with van der Waals surface area (Å²) >= 11 is 0. The number of nitrogens with zero attached hydrogens (tertiary/aromatic N) is 3. The van der Waals surface area contributed by atoms with E-state index in [1.807, 2.05) is 12.3 Å². The van der Waals surface area contributed by atoms with Crippen LogP contribution in [0.2, 0.25) is 0 Å². The minimum atomic E-state index is 0.373. The molecular weight excluding hydrogens is 162 g/mol. The lowest BCUT2D eigenvalue weighted by Gasteiger charge is -2.03. The zero-order valence-corrected chi connectivity index (χ0v) is 7.73. The summed E-state index contributed by atoms with van der Waals surface area (Å²) in [6.45, 7) is 4.17. The predicted molar refractivity (Wildman–Crippen MR) is 51.4 cm³/mol. The van der Waals surface area contributed by atoms with Crippen molar-refractivity contribution in [1.82, 2.24) is 15.0 Å². The fourth-order valence-electron chi connectivity index (χ4n) is 1.17. The summed E-state index contributed by atoms with van der Waals surface area (Å²) in [7, 11) is 0. The molecule has 0 unspecified atom stereocenters. The van der Waals surface area contributed by atoms with Gasteiger partial charge < -0.3 is 0 Å². The zero-order chi connectivity index (χ0) is 9.26. The number of fused-ring (bicyclic) bond motifs is 1. The van der Waals surface area contributed by atoms with Gasteiger partial charge in [0.1, 0.15) is 5.82 Å². The molecule has 2 aromatic heterocycles. The Morgan fingerprint density at radius 3 is 2.85 bits per heavy atom. The minimum absolute atomic E-state index is 0.373. The molecule has 0 atom stereocenters. The second-order valence-electron chi connectivity index (χ2n) is 3.32. The first-order valence-corrected chi connectivity index (χ1v) is 4.34. The Hall–Kier alpha value is -1.51. The second-order valence-corrected chi connectivity index (χ2v) is 3.32. The van der Waals surface area contributed by atoms with Crippen LogP contribution in [-0.2, 0) is 0 Å². The molecule has 0 bridgehead atoms. The van der Waals surface area contributed by atoms with Crippen LogP contribution in [0.3, 0.4) is 0 Å². The molecule has 0 saturated heterocycles. The quantitative estimate of drug-likeness (QED) is 0.663. The van der Waals surface area contributed by atoms with Crippen molar-refractivity contribution in [2.24, 2.45) is 0 Å². The Kier molecular flexibility index (Phi) is 1.93. The van der Waals surface area contributed by atoms with E-state index in [0.717, 1.165) is 16.7 Å². The van der Waals surface area contributed by atoms with E-state index in [0.29, 0.717) is 5.92 Å². The molecule has 0 spiro atoms. The van der Waals surface area contributed by atoms with Crippen molar-refractivity contribution in [2.75, 3.05) is 0 Å². The molecule has 0 radical (unpaired) electrons. The number of hydrogen-bond donors (Lipinski definition) is 0. The van der Waals surface area contributed by atoms with E-state index in [1.54, 1.807) is 12.4 Å². The Bertz CT molecular complexity index is 423. The van der Waals surface area contributed by atoms with E-state index in [1.165, 1.54) is 0 Å². The average Bonchev–Trinajstić information content (AvgIpc) is 2.17. The molecule has 3 nitrogen and oxygen atoms in total. The molecule has 3 heteroatoms. The molecule has 0 N–H and O–H groups in total. The Morgan fingerprint density at radius 2 is 2.08 bits per heavy atom. The van der Waals surface area contributed by atoms with Crippen molar-refractivity contribution in [3.05, 3.63) is 30.5 Å².